The van der Waals surface area contributed by atoms with Gasteiger partial charge in [-0.2, -0.15) is 0 Å². The van der Waals surface area contributed by atoms with Crippen molar-refractivity contribution >= 4 is 39.1 Å². The van der Waals surface area contributed by atoms with Gasteiger partial charge in [0, 0.05) is 40.8 Å². The van der Waals surface area contributed by atoms with Gasteiger partial charge in [0.15, 0.2) is 0 Å². The average molecular weight is 471 g/mol. The Balaban J connectivity index is 1.64. The molecular weight excluding hydrogens is 447 g/mol. The van der Waals surface area contributed by atoms with E-state index in [0.29, 0.717) is 47.3 Å². The molecule has 0 bridgehead atoms. The number of piperidine rings is 1. The standard InChI is InChI=1S/C21H24Cl2N2O4S/c1-29-20-10-3-2-6-15(20)12-24-21(26)16-7-5-11-25(13-16)30(27,28)14-17-18(22)8-4-9-19(17)23/h2-4,6,8-10,16H,5,7,11-14H2,1H3,(H,24,26). The van der Waals surface area contributed by atoms with E-state index >= 15 is 0 Å². The molecule has 1 aliphatic heterocycles. The van der Waals surface area contributed by atoms with Crippen molar-refractivity contribution in [1.29, 1.82) is 0 Å². The van der Waals surface area contributed by atoms with Crippen LogP contribution >= 0.6 is 23.2 Å². The fourth-order valence-corrected chi connectivity index (χ4v) is 5.89. The second-order valence-corrected chi connectivity index (χ2v) is 9.97. The van der Waals surface area contributed by atoms with E-state index in [-0.39, 0.29) is 18.2 Å². The Hall–Kier alpha value is -1.80. The molecule has 0 aliphatic carbocycles. The minimum atomic E-state index is -3.66. The third kappa shape index (κ3) is 5.46. The van der Waals surface area contributed by atoms with Crippen molar-refractivity contribution in [3.63, 3.8) is 0 Å². The normalized spacial score (nSPS) is 17.5. The van der Waals surface area contributed by atoms with Gasteiger partial charge >= 0.3 is 0 Å². The highest BCUT2D eigenvalue weighted by Crippen LogP contribution is 2.29. The molecule has 30 heavy (non-hydrogen) atoms. The highest BCUT2D eigenvalue weighted by molar-refractivity contribution is 7.88. The van der Waals surface area contributed by atoms with Crippen molar-refractivity contribution in [1.82, 2.24) is 9.62 Å². The molecule has 1 saturated heterocycles. The van der Waals surface area contributed by atoms with Crippen molar-refractivity contribution in [2.24, 2.45) is 5.92 Å². The molecule has 1 heterocycles. The summed E-state index contributed by atoms with van der Waals surface area (Å²) in [4.78, 5) is 12.7. The quantitative estimate of drug-likeness (QED) is 0.666. The second-order valence-electron chi connectivity index (χ2n) is 7.18. The SMILES string of the molecule is COc1ccccc1CNC(=O)C1CCCN(S(=O)(=O)Cc2c(Cl)cccc2Cl)C1. The van der Waals surface area contributed by atoms with Gasteiger partial charge in [0.2, 0.25) is 15.9 Å². The van der Waals surface area contributed by atoms with E-state index in [1.165, 1.54) is 4.31 Å². The predicted molar refractivity (Wildman–Crippen MR) is 118 cm³/mol. The van der Waals surface area contributed by atoms with Crippen molar-refractivity contribution in [2.75, 3.05) is 20.2 Å². The van der Waals surface area contributed by atoms with E-state index in [4.69, 9.17) is 27.9 Å². The topological polar surface area (TPSA) is 75.7 Å². The first-order valence-corrected chi connectivity index (χ1v) is 12.0. The smallest absolute Gasteiger partial charge is 0.224 e. The Labute approximate surface area is 187 Å². The third-order valence-corrected chi connectivity index (χ3v) is 7.66. The van der Waals surface area contributed by atoms with Gasteiger partial charge < -0.3 is 10.1 Å². The van der Waals surface area contributed by atoms with Crippen molar-refractivity contribution in [3.8, 4) is 5.75 Å². The molecule has 6 nitrogen and oxygen atoms in total. The van der Waals surface area contributed by atoms with Crippen LogP contribution < -0.4 is 10.1 Å². The van der Waals surface area contributed by atoms with Crippen LogP contribution in [-0.2, 0) is 27.1 Å². The average Bonchev–Trinajstić information content (AvgIpc) is 2.75. The van der Waals surface area contributed by atoms with E-state index in [1.807, 2.05) is 24.3 Å². The van der Waals surface area contributed by atoms with Crippen LogP contribution in [0.4, 0.5) is 0 Å². The highest BCUT2D eigenvalue weighted by atomic mass is 35.5. The first-order valence-electron chi connectivity index (χ1n) is 9.62. The largest absolute Gasteiger partial charge is 0.496 e. The molecule has 3 rings (SSSR count). The van der Waals surface area contributed by atoms with Crippen molar-refractivity contribution in [2.45, 2.75) is 25.1 Å². The molecule has 9 heteroatoms. The van der Waals surface area contributed by atoms with E-state index in [1.54, 1.807) is 25.3 Å². The number of hydrogen-bond acceptors (Lipinski definition) is 4. The van der Waals surface area contributed by atoms with Crippen LogP contribution in [0.15, 0.2) is 42.5 Å². The van der Waals surface area contributed by atoms with Crippen LogP contribution in [0.5, 0.6) is 5.75 Å². The minimum Gasteiger partial charge on any atom is -0.496 e. The number of nitrogens with zero attached hydrogens (tertiary/aromatic N) is 1. The molecule has 0 saturated carbocycles. The van der Waals surface area contributed by atoms with E-state index in [9.17, 15) is 13.2 Å². The van der Waals surface area contributed by atoms with Gasteiger partial charge in [-0.05, 0) is 31.0 Å². The first kappa shape index (κ1) is 22.9. The molecule has 2 aromatic carbocycles. The van der Waals surface area contributed by atoms with Crippen molar-refractivity contribution in [3.05, 3.63) is 63.6 Å². The fourth-order valence-electron chi connectivity index (χ4n) is 3.53. The Kier molecular flexibility index (Phi) is 7.63. The zero-order chi connectivity index (χ0) is 21.7. The molecule has 1 unspecified atom stereocenters. The van der Waals surface area contributed by atoms with Gasteiger partial charge in [0.25, 0.3) is 0 Å². The summed E-state index contributed by atoms with van der Waals surface area (Å²) in [6, 6.07) is 12.3. The Bertz CT molecular complexity index is 994. The number of para-hydroxylation sites is 1. The summed E-state index contributed by atoms with van der Waals surface area (Å²) in [6.45, 7) is 0.837. The number of nitrogens with one attached hydrogen (secondary N) is 1. The minimum absolute atomic E-state index is 0.141. The third-order valence-electron chi connectivity index (χ3n) is 5.18. The summed E-state index contributed by atoms with van der Waals surface area (Å²) in [6.07, 6.45) is 1.25. The fraction of sp³-hybridized carbons (Fsp3) is 0.381. The lowest BCUT2D eigenvalue weighted by Crippen LogP contribution is -2.45. The van der Waals surface area contributed by atoms with Gasteiger partial charge in [-0.15, -0.1) is 0 Å². The molecule has 0 radical (unpaired) electrons. The zero-order valence-corrected chi connectivity index (χ0v) is 18.9. The maximum atomic E-state index is 13.0. The number of benzene rings is 2. The lowest BCUT2D eigenvalue weighted by Gasteiger charge is -2.31. The number of amides is 1. The molecule has 0 spiro atoms. The summed E-state index contributed by atoms with van der Waals surface area (Å²) in [5.74, 6) is -0.176. The summed E-state index contributed by atoms with van der Waals surface area (Å²) in [7, 11) is -2.08. The van der Waals surface area contributed by atoms with Gasteiger partial charge in [-0.1, -0.05) is 47.5 Å². The second kappa shape index (κ2) is 10.0. The number of carbonyl (C=O) groups excluding carboxylic acids is 1. The molecular formula is C21H24Cl2N2O4S. The van der Waals surface area contributed by atoms with Crippen LogP contribution in [-0.4, -0.2) is 38.8 Å². The van der Waals surface area contributed by atoms with Gasteiger partial charge in [-0.3, -0.25) is 4.79 Å². The van der Waals surface area contributed by atoms with Crippen LogP contribution in [0, 0.1) is 5.92 Å². The number of carbonyl (C=O) groups is 1. The molecule has 162 valence electrons. The summed E-state index contributed by atoms with van der Waals surface area (Å²) < 4.78 is 32.6. The molecule has 1 amide bonds. The number of ether oxygens (including phenoxy) is 1. The van der Waals surface area contributed by atoms with Crippen LogP contribution in [0.1, 0.15) is 24.0 Å². The highest BCUT2D eigenvalue weighted by Gasteiger charge is 2.33. The molecule has 1 aliphatic rings. The number of rotatable bonds is 7. The van der Waals surface area contributed by atoms with Gasteiger partial charge in [0.1, 0.15) is 5.75 Å². The first-order chi connectivity index (χ1) is 14.3. The lowest BCUT2D eigenvalue weighted by atomic mass is 9.98. The number of sulfonamides is 1. The molecule has 2 aromatic rings. The van der Waals surface area contributed by atoms with Crippen molar-refractivity contribution < 1.29 is 17.9 Å². The van der Waals surface area contributed by atoms with Crippen LogP contribution in [0.25, 0.3) is 0 Å². The maximum absolute atomic E-state index is 13.0. The van der Waals surface area contributed by atoms with Gasteiger partial charge in [-0.25, -0.2) is 12.7 Å². The summed E-state index contributed by atoms with van der Waals surface area (Å²) in [5, 5.41) is 3.53. The maximum Gasteiger partial charge on any atom is 0.224 e. The summed E-state index contributed by atoms with van der Waals surface area (Å²) in [5.41, 5.74) is 1.24. The lowest BCUT2D eigenvalue weighted by molar-refractivity contribution is -0.126. The molecule has 1 fully saturated rings. The van der Waals surface area contributed by atoms with Crippen LogP contribution in [0.2, 0.25) is 10.0 Å². The Morgan fingerprint density at radius 1 is 1.17 bits per heavy atom. The predicted octanol–water partition coefficient (Wildman–Crippen LogP) is 3.86. The molecule has 1 N–H and O–H groups in total. The monoisotopic (exact) mass is 470 g/mol. The number of halogens is 2. The Morgan fingerprint density at radius 3 is 2.57 bits per heavy atom. The summed E-state index contributed by atoms with van der Waals surface area (Å²) >= 11 is 12.3. The number of methoxy groups -OCH3 is 1. The van der Waals surface area contributed by atoms with E-state index < -0.39 is 15.9 Å². The van der Waals surface area contributed by atoms with E-state index in [0.717, 1.165) is 5.56 Å². The molecule has 1 atom stereocenters. The Morgan fingerprint density at radius 2 is 1.87 bits per heavy atom. The van der Waals surface area contributed by atoms with E-state index in [2.05, 4.69) is 5.32 Å². The van der Waals surface area contributed by atoms with Crippen LogP contribution in [0.3, 0.4) is 0 Å². The van der Waals surface area contributed by atoms with Gasteiger partial charge in [0.05, 0.1) is 18.8 Å². The zero-order valence-electron chi connectivity index (χ0n) is 16.6. The number of hydrogen-bond donors (Lipinski definition) is 1. The molecule has 0 aromatic heterocycles.